The molecule has 0 saturated heterocycles. The van der Waals surface area contributed by atoms with E-state index in [2.05, 4.69) is 0 Å². The lowest BCUT2D eigenvalue weighted by atomic mass is 10.3. The SMILES string of the molecule is CCOP(OCC)c1ccc(OC(C)C)cc1. The van der Waals surface area contributed by atoms with Crippen LogP contribution >= 0.6 is 8.38 Å². The molecule has 0 bridgehead atoms. The van der Waals surface area contributed by atoms with Crippen LogP contribution < -0.4 is 10.0 Å². The van der Waals surface area contributed by atoms with Crippen LogP contribution in [-0.4, -0.2) is 19.3 Å². The summed E-state index contributed by atoms with van der Waals surface area (Å²) in [7, 11) is -0.944. The van der Waals surface area contributed by atoms with Gasteiger partial charge in [-0.3, -0.25) is 0 Å². The molecule has 0 amide bonds. The highest BCUT2D eigenvalue weighted by molar-refractivity contribution is 7.56. The summed E-state index contributed by atoms with van der Waals surface area (Å²) >= 11 is 0. The molecule has 0 saturated carbocycles. The van der Waals surface area contributed by atoms with Crippen molar-refractivity contribution in [3.8, 4) is 5.75 Å². The van der Waals surface area contributed by atoms with E-state index in [1.807, 2.05) is 52.0 Å². The maximum Gasteiger partial charge on any atom is 0.205 e. The summed E-state index contributed by atoms with van der Waals surface area (Å²) in [6.45, 7) is 9.31. The molecule has 0 aliphatic heterocycles. The summed E-state index contributed by atoms with van der Waals surface area (Å²) in [4.78, 5) is 0. The second-order valence-corrected chi connectivity index (χ2v) is 5.30. The zero-order valence-corrected chi connectivity index (χ0v) is 11.9. The van der Waals surface area contributed by atoms with Gasteiger partial charge in [-0.1, -0.05) is 0 Å². The quantitative estimate of drug-likeness (QED) is 0.699. The Morgan fingerprint density at radius 2 is 1.53 bits per heavy atom. The third kappa shape index (κ3) is 5.03. The molecule has 0 aliphatic rings. The number of benzene rings is 1. The van der Waals surface area contributed by atoms with Gasteiger partial charge >= 0.3 is 0 Å². The van der Waals surface area contributed by atoms with Gasteiger partial charge < -0.3 is 13.8 Å². The Balaban J connectivity index is 2.69. The van der Waals surface area contributed by atoms with Crippen LogP contribution in [0, 0.1) is 0 Å². The lowest BCUT2D eigenvalue weighted by molar-refractivity contribution is 0.242. The predicted molar refractivity (Wildman–Crippen MR) is 72.0 cm³/mol. The third-order valence-electron chi connectivity index (χ3n) is 1.91. The summed E-state index contributed by atoms with van der Waals surface area (Å²) in [5.41, 5.74) is 0. The monoisotopic (exact) mass is 256 g/mol. The van der Waals surface area contributed by atoms with Crippen molar-refractivity contribution in [2.24, 2.45) is 0 Å². The van der Waals surface area contributed by atoms with Crippen LogP contribution in [0.1, 0.15) is 27.7 Å². The van der Waals surface area contributed by atoms with Crippen LogP contribution in [0.15, 0.2) is 24.3 Å². The molecule has 0 heterocycles. The minimum Gasteiger partial charge on any atom is -0.491 e. The van der Waals surface area contributed by atoms with Gasteiger partial charge in [-0.25, -0.2) is 0 Å². The summed E-state index contributed by atoms with van der Waals surface area (Å²) in [6.07, 6.45) is 0.196. The average molecular weight is 256 g/mol. The van der Waals surface area contributed by atoms with Gasteiger partial charge in [0.15, 0.2) is 0 Å². The van der Waals surface area contributed by atoms with E-state index in [1.54, 1.807) is 0 Å². The summed E-state index contributed by atoms with van der Waals surface area (Å²) < 4.78 is 16.8. The van der Waals surface area contributed by atoms with Gasteiger partial charge in [0.25, 0.3) is 0 Å². The third-order valence-corrected chi connectivity index (χ3v) is 3.62. The van der Waals surface area contributed by atoms with Crippen molar-refractivity contribution in [2.45, 2.75) is 33.8 Å². The summed E-state index contributed by atoms with van der Waals surface area (Å²) in [5.74, 6) is 0.881. The fourth-order valence-corrected chi connectivity index (χ4v) is 2.57. The molecular weight excluding hydrogens is 235 g/mol. The normalized spacial score (nSPS) is 11.2. The molecule has 1 aromatic rings. The minimum atomic E-state index is -0.944. The molecule has 0 radical (unpaired) electrons. The fraction of sp³-hybridized carbons (Fsp3) is 0.538. The van der Waals surface area contributed by atoms with Crippen LogP contribution in [0.25, 0.3) is 0 Å². The van der Waals surface area contributed by atoms with E-state index in [9.17, 15) is 0 Å². The largest absolute Gasteiger partial charge is 0.491 e. The van der Waals surface area contributed by atoms with Gasteiger partial charge in [0.2, 0.25) is 8.38 Å². The highest BCUT2D eigenvalue weighted by Crippen LogP contribution is 2.37. The van der Waals surface area contributed by atoms with Crippen LogP contribution in [0.3, 0.4) is 0 Å². The molecule has 0 atom stereocenters. The van der Waals surface area contributed by atoms with E-state index in [0.29, 0.717) is 13.2 Å². The van der Waals surface area contributed by atoms with Crippen LogP contribution in [0.2, 0.25) is 0 Å². The van der Waals surface area contributed by atoms with Crippen molar-refractivity contribution in [2.75, 3.05) is 13.2 Å². The molecular formula is C13H21O3P. The maximum atomic E-state index is 5.59. The molecule has 1 rings (SSSR count). The molecule has 4 heteroatoms. The second-order valence-electron chi connectivity index (χ2n) is 3.75. The first-order valence-electron chi connectivity index (χ1n) is 6.00. The number of hydrogen-bond donors (Lipinski definition) is 0. The molecule has 0 fully saturated rings. The molecule has 17 heavy (non-hydrogen) atoms. The van der Waals surface area contributed by atoms with Crippen molar-refractivity contribution in [3.05, 3.63) is 24.3 Å². The minimum absolute atomic E-state index is 0.196. The Kier molecular flexibility index (Phi) is 6.49. The van der Waals surface area contributed by atoms with Gasteiger partial charge in [0.1, 0.15) is 5.75 Å². The molecule has 0 N–H and O–H groups in total. The lowest BCUT2D eigenvalue weighted by Gasteiger charge is -2.16. The van der Waals surface area contributed by atoms with Gasteiger partial charge in [-0.05, 0) is 52.0 Å². The Labute approximate surface area is 105 Å². The van der Waals surface area contributed by atoms with Gasteiger partial charge in [0, 0.05) is 5.30 Å². The first-order chi connectivity index (χ1) is 8.17. The van der Waals surface area contributed by atoms with E-state index < -0.39 is 8.38 Å². The summed E-state index contributed by atoms with van der Waals surface area (Å²) in [5, 5.41) is 1.08. The van der Waals surface area contributed by atoms with Crippen molar-refractivity contribution in [1.82, 2.24) is 0 Å². The standard InChI is InChI=1S/C13H21O3P/c1-5-14-17(15-6-2)13-9-7-12(8-10-13)16-11(3)4/h7-11H,5-6H2,1-4H3. The van der Waals surface area contributed by atoms with Crippen molar-refractivity contribution in [1.29, 1.82) is 0 Å². The lowest BCUT2D eigenvalue weighted by Crippen LogP contribution is -2.08. The molecule has 3 nitrogen and oxygen atoms in total. The molecule has 0 spiro atoms. The number of rotatable bonds is 7. The predicted octanol–water partition coefficient (Wildman–Crippen LogP) is 3.48. The zero-order chi connectivity index (χ0) is 12.7. The smallest absolute Gasteiger partial charge is 0.205 e. The molecule has 1 aromatic carbocycles. The van der Waals surface area contributed by atoms with Crippen LogP contribution in [-0.2, 0) is 9.05 Å². The Morgan fingerprint density at radius 3 is 1.94 bits per heavy atom. The molecule has 0 unspecified atom stereocenters. The van der Waals surface area contributed by atoms with Gasteiger partial charge in [-0.15, -0.1) is 0 Å². The second kappa shape index (κ2) is 7.65. The van der Waals surface area contributed by atoms with E-state index in [0.717, 1.165) is 11.1 Å². The number of hydrogen-bond acceptors (Lipinski definition) is 3. The van der Waals surface area contributed by atoms with E-state index >= 15 is 0 Å². The first kappa shape index (κ1) is 14.4. The van der Waals surface area contributed by atoms with E-state index in [4.69, 9.17) is 13.8 Å². The van der Waals surface area contributed by atoms with E-state index in [1.165, 1.54) is 0 Å². The highest BCUT2D eigenvalue weighted by Gasteiger charge is 2.12. The van der Waals surface area contributed by atoms with Crippen molar-refractivity contribution >= 4 is 13.7 Å². The van der Waals surface area contributed by atoms with E-state index in [-0.39, 0.29) is 6.10 Å². The Bertz CT molecular complexity index is 305. The zero-order valence-electron chi connectivity index (χ0n) is 11.0. The molecule has 0 aliphatic carbocycles. The molecule has 96 valence electrons. The van der Waals surface area contributed by atoms with Crippen LogP contribution in [0.5, 0.6) is 5.75 Å². The Hall–Kier alpha value is -0.630. The van der Waals surface area contributed by atoms with Gasteiger partial charge in [-0.2, -0.15) is 0 Å². The van der Waals surface area contributed by atoms with Crippen LogP contribution in [0.4, 0.5) is 0 Å². The topological polar surface area (TPSA) is 27.7 Å². The fourth-order valence-electron chi connectivity index (χ4n) is 1.34. The average Bonchev–Trinajstić information content (AvgIpc) is 2.29. The Morgan fingerprint density at radius 1 is 1.00 bits per heavy atom. The maximum absolute atomic E-state index is 5.59. The highest BCUT2D eigenvalue weighted by atomic mass is 31.2. The number of ether oxygens (including phenoxy) is 1. The van der Waals surface area contributed by atoms with Crippen molar-refractivity contribution in [3.63, 3.8) is 0 Å². The van der Waals surface area contributed by atoms with Crippen molar-refractivity contribution < 1.29 is 13.8 Å². The summed E-state index contributed by atoms with van der Waals surface area (Å²) in [6, 6.07) is 7.94. The first-order valence-corrected chi connectivity index (χ1v) is 7.17. The molecule has 0 aromatic heterocycles. The van der Waals surface area contributed by atoms with Gasteiger partial charge in [0.05, 0.1) is 19.3 Å².